The predicted octanol–water partition coefficient (Wildman–Crippen LogP) is 1.83. The molecule has 0 atom stereocenters. The number of hydrogen-bond acceptors (Lipinski definition) is 3. The Labute approximate surface area is 87.4 Å². The van der Waals surface area contributed by atoms with Crippen LogP contribution in [0.15, 0.2) is 18.2 Å². The molecule has 1 heterocycles. The zero-order chi connectivity index (χ0) is 10.3. The maximum Gasteiger partial charge on any atom is 0.110 e. The summed E-state index contributed by atoms with van der Waals surface area (Å²) in [5.41, 5.74) is 3.17. The molecule has 0 saturated heterocycles. The number of hydrogen-bond donors (Lipinski definition) is 2. The summed E-state index contributed by atoms with van der Waals surface area (Å²) in [6.45, 7) is 0.438. The highest BCUT2D eigenvalue weighted by molar-refractivity contribution is 5.76. The van der Waals surface area contributed by atoms with Gasteiger partial charge >= 0.3 is 0 Å². The van der Waals surface area contributed by atoms with Crippen molar-refractivity contribution in [2.24, 2.45) is 5.90 Å². The van der Waals surface area contributed by atoms with Crippen LogP contribution in [0.5, 0.6) is 0 Å². The zero-order valence-electron chi connectivity index (χ0n) is 8.36. The van der Waals surface area contributed by atoms with Gasteiger partial charge in [-0.3, -0.25) is 4.84 Å². The number of aromatic amines is 1. The molecule has 1 fully saturated rings. The summed E-state index contributed by atoms with van der Waals surface area (Å²) in [6.07, 6.45) is 2.52. The fraction of sp³-hybridized carbons (Fsp3) is 0.364. The van der Waals surface area contributed by atoms with Crippen LogP contribution in [0, 0.1) is 0 Å². The first-order valence-electron chi connectivity index (χ1n) is 5.17. The summed E-state index contributed by atoms with van der Waals surface area (Å²) in [5, 5.41) is 0. The molecule has 0 unspecified atom stereocenters. The van der Waals surface area contributed by atoms with Crippen LogP contribution in [-0.4, -0.2) is 9.97 Å². The molecule has 1 aromatic heterocycles. The third-order valence-corrected chi connectivity index (χ3v) is 2.78. The van der Waals surface area contributed by atoms with Gasteiger partial charge in [0.2, 0.25) is 0 Å². The Morgan fingerprint density at radius 3 is 3.07 bits per heavy atom. The van der Waals surface area contributed by atoms with Gasteiger partial charge in [0.25, 0.3) is 0 Å². The number of aromatic nitrogens is 2. The molecule has 1 aliphatic rings. The van der Waals surface area contributed by atoms with Gasteiger partial charge in [0.15, 0.2) is 0 Å². The lowest BCUT2D eigenvalue weighted by atomic mass is 10.2. The Hall–Kier alpha value is -1.39. The standard InChI is InChI=1S/C11H13N3O/c12-15-6-7-1-4-9-10(5-7)14-11(13-9)8-2-3-8/h1,4-5,8H,2-3,6,12H2,(H,13,14). The van der Waals surface area contributed by atoms with Gasteiger partial charge < -0.3 is 4.98 Å². The normalized spacial score (nSPS) is 16.1. The summed E-state index contributed by atoms with van der Waals surface area (Å²) < 4.78 is 0. The fourth-order valence-electron chi connectivity index (χ4n) is 1.81. The highest BCUT2D eigenvalue weighted by Gasteiger charge is 2.26. The van der Waals surface area contributed by atoms with Gasteiger partial charge in [-0.2, -0.15) is 0 Å². The molecule has 0 amide bonds. The van der Waals surface area contributed by atoms with E-state index in [9.17, 15) is 0 Å². The second kappa shape index (κ2) is 3.32. The molecule has 0 bridgehead atoms. The van der Waals surface area contributed by atoms with Gasteiger partial charge in [0, 0.05) is 5.92 Å². The van der Waals surface area contributed by atoms with E-state index in [1.165, 1.54) is 12.8 Å². The Balaban J connectivity index is 2.02. The molecule has 4 nitrogen and oxygen atoms in total. The van der Waals surface area contributed by atoms with E-state index in [4.69, 9.17) is 5.90 Å². The van der Waals surface area contributed by atoms with Gasteiger partial charge in [-0.1, -0.05) is 6.07 Å². The number of rotatable bonds is 3. The van der Waals surface area contributed by atoms with Crippen LogP contribution in [0.2, 0.25) is 0 Å². The first-order valence-corrected chi connectivity index (χ1v) is 5.17. The van der Waals surface area contributed by atoms with E-state index < -0.39 is 0 Å². The summed E-state index contributed by atoms with van der Waals surface area (Å²) in [7, 11) is 0. The highest BCUT2D eigenvalue weighted by Crippen LogP contribution is 2.38. The summed E-state index contributed by atoms with van der Waals surface area (Å²) >= 11 is 0. The van der Waals surface area contributed by atoms with Crippen molar-refractivity contribution in [3.05, 3.63) is 29.6 Å². The van der Waals surface area contributed by atoms with Crippen molar-refractivity contribution in [3.63, 3.8) is 0 Å². The first kappa shape index (κ1) is 8.88. The van der Waals surface area contributed by atoms with Crippen molar-refractivity contribution in [1.82, 2.24) is 9.97 Å². The Morgan fingerprint density at radius 1 is 1.47 bits per heavy atom. The lowest BCUT2D eigenvalue weighted by Gasteiger charge is -1.97. The number of nitrogens with zero attached hydrogens (tertiary/aromatic N) is 1. The molecule has 2 aromatic rings. The van der Waals surface area contributed by atoms with Gasteiger partial charge in [-0.25, -0.2) is 10.9 Å². The van der Waals surface area contributed by atoms with E-state index in [1.54, 1.807) is 0 Å². The van der Waals surface area contributed by atoms with E-state index in [1.807, 2.05) is 18.2 Å². The third-order valence-electron chi connectivity index (χ3n) is 2.78. The van der Waals surface area contributed by atoms with E-state index in [0.717, 1.165) is 22.4 Å². The molecule has 15 heavy (non-hydrogen) atoms. The van der Waals surface area contributed by atoms with E-state index in [0.29, 0.717) is 12.5 Å². The predicted molar refractivity (Wildman–Crippen MR) is 57.0 cm³/mol. The Morgan fingerprint density at radius 2 is 2.33 bits per heavy atom. The molecule has 78 valence electrons. The van der Waals surface area contributed by atoms with E-state index >= 15 is 0 Å². The van der Waals surface area contributed by atoms with Crippen molar-refractivity contribution >= 4 is 11.0 Å². The minimum absolute atomic E-state index is 0.438. The van der Waals surface area contributed by atoms with Crippen molar-refractivity contribution < 1.29 is 4.84 Å². The van der Waals surface area contributed by atoms with Crippen LogP contribution in [0.25, 0.3) is 11.0 Å². The lowest BCUT2D eigenvalue weighted by Crippen LogP contribution is -1.98. The Bertz CT molecular complexity index is 488. The minimum atomic E-state index is 0.438. The van der Waals surface area contributed by atoms with Gasteiger partial charge in [-0.15, -0.1) is 0 Å². The number of fused-ring (bicyclic) bond motifs is 1. The second-order valence-corrected chi connectivity index (χ2v) is 4.06. The number of H-pyrrole nitrogens is 1. The minimum Gasteiger partial charge on any atom is -0.342 e. The van der Waals surface area contributed by atoms with Gasteiger partial charge in [0.1, 0.15) is 5.82 Å². The maximum atomic E-state index is 5.04. The molecule has 0 aliphatic heterocycles. The number of nitrogens with one attached hydrogen (secondary N) is 1. The molecule has 0 radical (unpaired) electrons. The summed E-state index contributed by atoms with van der Waals surface area (Å²) in [5.74, 6) is 6.82. The number of imidazole rings is 1. The van der Waals surface area contributed by atoms with Gasteiger partial charge in [-0.05, 0) is 30.5 Å². The molecule has 1 aliphatic carbocycles. The fourth-order valence-corrected chi connectivity index (χ4v) is 1.81. The first-order chi connectivity index (χ1) is 7.36. The molecule has 3 rings (SSSR count). The topological polar surface area (TPSA) is 63.9 Å². The van der Waals surface area contributed by atoms with Crippen molar-refractivity contribution in [2.75, 3.05) is 0 Å². The molecule has 3 N–H and O–H groups in total. The van der Waals surface area contributed by atoms with Crippen LogP contribution in [0.3, 0.4) is 0 Å². The molecular weight excluding hydrogens is 190 g/mol. The third kappa shape index (κ3) is 1.62. The average molecular weight is 203 g/mol. The van der Waals surface area contributed by atoms with Gasteiger partial charge in [0.05, 0.1) is 17.6 Å². The van der Waals surface area contributed by atoms with E-state index in [-0.39, 0.29) is 0 Å². The largest absolute Gasteiger partial charge is 0.342 e. The maximum absolute atomic E-state index is 5.04. The molecule has 1 saturated carbocycles. The lowest BCUT2D eigenvalue weighted by molar-refractivity contribution is 0.124. The average Bonchev–Trinajstić information content (AvgIpc) is 2.99. The van der Waals surface area contributed by atoms with Crippen LogP contribution in [0.4, 0.5) is 0 Å². The quantitative estimate of drug-likeness (QED) is 0.748. The van der Waals surface area contributed by atoms with E-state index in [2.05, 4.69) is 14.8 Å². The summed E-state index contributed by atoms with van der Waals surface area (Å²) in [4.78, 5) is 12.5. The Kier molecular flexibility index (Phi) is 1.97. The number of nitrogens with two attached hydrogens (primary N) is 1. The highest BCUT2D eigenvalue weighted by atomic mass is 16.6. The van der Waals surface area contributed by atoms with Crippen molar-refractivity contribution in [2.45, 2.75) is 25.4 Å². The smallest absolute Gasteiger partial charge is 0.110 e. The summed E-state index contributed by atoms with van der Waals surface area (Å²) in [6, 6.07) is 6.04. The molecule has 0 spiro atoms. The van der Waals surface area contributed by atoms with Crippen LogP contribution < -0.4 is 5.90 Å². The SMILES string of the molecule is NOCc1ccc2nc(C3CC3)[nH]c2c1. The number of benzene rings is 1. The zero-order valence-corrected chi connectivity index (χ0v) is 8.36. The van der Waals surface area contributed by atoms with Crippen LogP contribution >= 0.6 is 0 Å². The van der Waals surface area contributed by atoms with Crippen LogP contribution in [-0.2, 0) is 11.4 Å². The van der Waals surface area contributed by atoms with Crippen molar-refractivity contribution in [1.29, 1.82) is 0 Å². The molecule has 1 aromatic carbocycles. The van der Waals surface area contributed by atoms with Crippen molar-refractivity contribution in [3.8, 4) is 0 Å². The second-order valence-electron chi connectivity index (χ2n) is 4.06. The van der Waals surface area contributed by atoms with Crippen LogP contribution in [0.1, 0.15) is 30.1 Å². The molecule has 4 heteroatoms. The monoisotopic (exact) mass is 203 g/mol. The molecular formula is C11H13N3O.